The molecule has 0 amide bonds. The normalized spacial score (nSPS) is 29.2. The molecule has 0 bridgehead atoms. The SMILES string of the molecule is COc1cc2c(cc1OC)C1CC(=O)C(CC(C)C)C[N+]1([O-])CC2. The first-order valence-corrected chi connectivity index (χ1v) is 8.73. The van der Waals surface area contributed by atoms with Crippen LogP contribution in [0.2, 0.25) is 0 Å². The topological polar surface area (TPSA) is 58.6 Å². The van der Waals surface area contributed by atoms with Gasteiger partial charge in [0.25, 0.3) is 0 Å². The molecule has 0 aromatic heterocycles. The monoisotopic (exact) mass is 333 g/mol. The highest BCUT2D eigenvalue weighted by molar-refractivity contribution is 5.82. The van der Waals surface area contributed by atoms with Crippen LogP contribution < -0.4 is 9.47 Å². The fraction of sp³-hybridized carbons (Fsp3) is 0.632. The van der Waals surface area contributed by atoms with Crippen molar-refractivity contribution in [1.29, 1.82) is 0 Å². The number of ketones is 1. The van der Waals surface area contributed by atoms with Crippen molar-refractivity contribution < 1.29 is 18.9 Å². The van der Waals surface area contributed by atoms with E-state index in [0.29, 0.717) is 36.9 Å². The second-order valence-electron chi connectivity index (χ2n) is 7.53. The van der Waals surface area contributed by atoms with Gasteiger partial charge in [0.05, 0.1) is 39.6 Å². The van der Waals surface area contributed by atoms with E-state index in [2.05, 4.69) is 13.8 Å². The molecule has 0 radical (unpaired) electrons. The van der Waals surface area contributed by atoms with E-state index in [1.165, 1.54) is 0 Å². The summed E-state index contributed by atoms with van der Waals surface area (Å²) in [5.74, 6) is 1.88. The van der Waals surface area contributed by atoms with E-state index in [1.54, 1.807) is 14.2 Å². The van der Waals surface area contributed by atoms with Crippen LogP contribution in [0.15, 0.2) is 12.1 Å². The fourth-order valence-electron chi connectivity index (χ4n) is 4.28. The average molecular weight is 333 g/mol. The fourth-order valence-corrected chi connectivity index (χ4v) is 4.28. The second kappa shape index (κ2) is 6.37. The summed E-state index contributed by atoms with van der Waals surface area (Å²) in [6.45, 7) is 5.17. The van der Waals surface area contributed by atoms with Crippen LogP contribution in [0, 0.1) is 17.0 Å². The van der Waals surface area contributed by atoms with E-state index in [0.717, 1.165) is 24.0 Å². The predicted octanol–water partition coefficient (Wildman–Crippen LogP) is 3.25. The first-order valence-electron chi connectivity index (χ1n) is 8.73. The number of hydroxylamine groups is 3. The molecule has 1 fully saturated rings. The Morgan fingerprint density at radius 1 is 1.25 bits per heavy atom. The Morgan fingerprint density at radius 3 is 2.54 bits per heavy atom. The van der Waals surface area contributed by atoms with Gasteiger partial charge in [-0.25, -0.2) is 0 Å². The second-order valence-corrected chi connectivity index (χ2v) is 7.53. The van der Waals surface area contributed by atoms with Crippen molar-refractivity contribution in [2.45, 2.75) is 39.2 Å². The molecule has 3 unspecified atom stereocenters. The van der Waals surface area contributed by atoms with Gasteiger partial charge in [-0.3, -0.25) is 4.79 Å². The summed E-state index contributed by atoms with van der Waals surface area (Å²) >= 11 is 0. The van der Waals surface area contributed by atoms with Crippen molar-refractivity contribution in [3.63, 3.8) is 0 Å². The van der Waals surface area contributed by atoms with Gasteiger partial charge in [0.2, 0.25) is 0 Å². The van der Waals surface area contributed by atoms with Gasteiger partial charge >= 0.3 is 0 Å². The summed E-state index contributed by atoms with van der Waals surface area (Å²) in [6.07, 6.45) is 1.87. The zero-order valence-electron chi connectivity index (χ0n) is 15.0. The van der Waals surface area contributed by atoms with Crippen molar-refractivity contribution in [2.24, 2.45) is 11.8 Å². The molecule has 132 valence electrons. The van der Waals surface area contributed by atoms with Crippen LogP contribution in [0.1, 0.15) is 43.9 Å². The third kappa shape index (κ3) is 2.91. The van der Waals surface area contributed by atoms with Crippen LogP contribution in [0.4, 0.5) is 0 Å². The predicted molar refractivity (Wildman–Crippen MR) is 91.9 cm³/mol. The third-order valence-corrected chi connectivity index (χ3v) is 5.47. The molecule has 3 atom stereocenters. The standard InChI is InChI=1S/C19H27NO4/c1-12(2)7-14-11-20(22)6-5-13-8-18(23-3)19(24-4)9-15(13)16(20)10-17(14)21/h8-9,12,14,16H,5-7,10-11H2,1-4H3. The molecule has 1 aromatic carbocycles. The van der Waals surface area contributed by atoms with Crippen LogP contribution >= 0.6 is 0 Å². The Balaban J connectivity index is 1.96. The Morgan fingerprint density at radius 2 is 1.92 bits per heavy atom. The molecule has 1 saturated heterocycles. The van der Waals surface area contributed by atoms with E-state index < -0.39 is 0 Å². The summed E-state index contributed by atoms with van der Waals surface area (Å²) in [6, 6.07) is 3.56. The lowest BCUT2D eigenvalue weighted by Crippen LogP contribution is -2.57. The summed E-state index contributed by atoms with van der Waals surface area (Å²) in [4.78, 5) is 12.6. The van der Waals surface area contributed by atoms with Gasteiger partial charge in [-0.2, -0.15) is 0 Å². The summed E-state index contributed by atoms with van der Waals surface area (Å²) in [7, 11) is 3.21. The lowest BCUT2D eigenvalue weighted by atomic mass is 9.79. The molecule has 0 saturated carbocycles. The van der Waals surface area contributed by atoms with Crippen molar-refractivity contribution in [2.75, 3.05) is 27.3 Å². The van der Waals surface area contributed by atoms with Crippen LogP contribution in [-0.4, -0.2) is 37.7 Å². The van der Waals surface area contributed by atoms with E-state index in [4.69, 9.17) is 9.47 Å². The molecule has 0 N–H and O–H groups in total. The maximum absolute atomic E-state index is 13.5. The zero-order chi connectivity index (χ0) is 17.5. The number of piperidine rings is 1. The summed E-state index contributed by atoms with van der Waals surface area (Å²) in [5.41, 5.74) is 2.07. The third-order valence-electron chi connectivity index (χ3n) is 5.47. The maximum Gasteiger partial charge on any atom is 0.161 e. The number of hydrogen-bond acceptors (Lipinski definition) is 4. The first-order chi connectivity index (χ1) is 11.4. The largest absolute Gasteiger partial charge is 0.632 e. The number of rotatable bonds is 4. The van der Waals surface area contributed by atoms with E-state index in [-0.39, 0.29) is 22.4 Å². The van der Waals surface area contributed by atoms with Gasteiger partial charge in [0.15, 0.2) is 11.5 Å². The Hall–Kier alpha value is -1.59. The summed E-state index contributed by atoms with van der Waals surface area (Å²) in [5, 5.41) is 13.5. The average Bonchev–Trinajstić information content (AvgIpc) is 2.54. The molecule has 5 heteroatoms. The highest BCUT2D eigenvalue weighted by Crippen LogP contribution is 2.46. The molecule has 5 nitrogen and oxygen atoms in total. The molecule has 2 aliphatic heterocycles. The molecular weight excluding hydrogens is 306 g/mol. The lowest BCUT2D eigenvalue weighted by molar-refractivity contribution is -0.918. The Kier molecular flexibility index (Phi) is 4.58. The van der Waals surface area contributed by atoms with Crippen LogP contribution in [-0.2, 0) is 11.2 Å². The number of benzene rings is 1. The molecule has 2 heterocycles. The number of nitrogens with zero attached hydrogens (tertiary/aromatic N) is 1. The van der Waals surface area contributed by atoms with E-state index in [9.17, 15) is 10.0 Å². The minimum Gasteiger partial charge on any atom is -0.632 e. The minimum atomic E-state index is -0.301. The molecule has 0 spiro atoms. The number of Topliss-reactive ketones (excluding diaryl/α,β-unsaturated/α-hetero) is 1. The van der Waals surface area contributed by atoms with Gasteiger partial charge in [-0.05, 0) is 30.0 Å². The highest BCUT2D eigenvalue weighted by Gasteiger charge is 2.45. The molecule has 1 aromatic rings. The van der Waals surface area contributed by atoms with Crippen molar-refractivity contribution >= 4 is 5.78 Å². The van der Waals surface area contributed by atoms with Crippen LogP contribution in [0.3, 0.4) is 0 Å². The smallest absolute Gasteiger partial charge is 0.161 e. The first kappa shape index (κ1) is 17.2. The van der Waals surface area contributed by atoms with Crippen molar-refractivity contribution in [1.82, 2.24) is 0 Å². The Bertz CT molecular complexity index is 642. The van der Waals surface area contributed by atoms with Crippen LogP contribution in [0.25, 0.3) is 0 Å². The number of fused-ring (bicyclic) bond motifs is 3. The quantitative estimate of drug-likeness (QED) is 0.627. The van der Waals surface area contributed by atoms with Gasteiger partial charge in [0.1, 0.15) is 11.8 Å². The molecule has 24 heavy (non-hydrogen) atoms. The molecular formula is C19H27NO4. The van der Waals surface area contributed by atoms with Gasteiger partial charge in [0, 0.05) is 12.0 Å². The molecule has 0 aliphatic carbocycles. The van der Waals surface area contributed by atoms with Gasteiger partial charge < -0.3 is 19.3 Å². The number of carbonyl (C=O) groups excluding carboxylic acids is 1. The summed E-state index contributed by atoms with van der Waals surface area (Å²) < 4.78 is 10.5. The maximum atomic E-state index is 13.5. The zero-order valence-corrected chi connectivity index (χ0v) is 15.0. The van der Waals surface area contributed by atoms with Gasteiger partial charge in [-0.15, -0.1) is 0 Å². The number of methoxy groups -OCH3 is 2. The number of ether oxygens (including phenoxy) is 2. The Labute approximate surface area is 143 Å². The van der Waals surface area contributed by atoms with Crippen LogP contribution in [0.5, 0.6) is 11.5 Å². The van der Waals surface area contributed by atoms with E-state index in [1.807, 2.05) is 12.1 Å². The number of quaternary nitrogens is 1. The van der Waals surface area contributed by atoms with Crippen molar-refractivity contribution in [3.8, 4) is 11.5 Å². The van der Waals surface area contributed by atoms with Crippen molar-refractivity contribution in [3.05, 3.63) is 28.5 Å². The lowest BCUT2D eigenvalue weighted by Gasteiger charge is -2.55. The van der Waals surface area contributed by atoms with E-state index >= 15 is 0 Å². The van der Waals surface area contributed by atoms with Gasteiger partial charge in [-0.1, -0.05) is 13.8 Å². The molecule has 3 rings (SSSR count). The number of hydrogen-bond donors (Lipinski definition) is 0. The molecule has 2 aliphatic rings. The highest BCUT2D eigenvalue weighted by atomic mass is 16.5. The minimum absolute atomic E-state index is 0.0968. The number of carbonyl (C=O) groups is 1.